The topological polar surface area (TPSA) is 127 Å². The number of carbonyl (C=O) groups excluding carboxylic acids is 3. The Morgan fingerprint density at radius 2 is 1.76 bits per heavy atom. The highest BCUT2D eigenvalue weighted by molar-refractivity contribution is 6.06. The minimum absolute atomic E-state index is 0.0553. The van der Waals surface area contributed by atoms with Gasteiger partial charge < -0.3 is 20.7 Å². The van der Waals surface area contributed by atoms with Crippen LogP contribution < -0.4 is 16.0 Å². The maximum atomic E-state index is 15.9. The highest BCUT2D eigenvalue weighted by atomic mass is 19.1. The maximum absolute atomic E-state index is 15.9. The smallest absolute Gasteiger partial charge is 0.308 e. The van der Waals surface area contributed by atoms with Crippen LogP contribution in [-0.2, 0) is 32.1 Å². The van der Waals surface area contributed by atoms with Crippen molar-refractivity contribution >= 4 is 23.6 Å². The molecule has 4 aromatic rings. The SMILES string of the molecule is CCOC(=O)C[C@H](NC(=O)[C@H](CC(C)C)C(=O)Nc1cccc(-n2cc3c(n2)CCNC3)n1)c1cc(-c2c(C)cc(F)cc2C)cc(C)c1F. The van der Waals surface area contributed by atoms with Gasteiger partial charge in [0.15, 0.2) is 5.82 Å². The number of amides is 2. The van der Waals surface area contributed by atoms with Crippen LogP contribution in [0.2, 0.25) is 0 Å². The molecule has 2 aromatic heterocycles. The second-order valence-corrected chi connectivity index (χ2v) is 13.2. The van der Waals surface area contributed by atoms with Gasteiger partial charge in [-0.15, -0.1) is 0 Å². The van der Waals surface area contributed by atoms with Gasteiger partial charge in [0.2, 0.25) is 11.8 Å². The quantitative estimate of drug-likeness (QED) is 0.120. The van der Waals surface area contributed by atoms with Gasteiger partial charge >= 0.3 is 5.97 Å². The lowest BCUT2D eigenvalue weighted by molar-refractivity contribution is -0.144. The summed E-state index contributed by atoms with van der Waals surface area (Å²) in [5.74, 6) is -3.41. The first kappa shape index (κ1) is 36.3. The molecule has 0 fully saturated rings. The average molecular weight is 687 g/mol. The van der Waals surface area contributed by atoms with E-state index in [9.17, 15) is 18.8 Å². The number of pyridine rings is 1. The third-order valence-electron chi connectivity index (χ3n) is 8.73. The zero-order chi connectivity index (χ0) is 36.1. The summed E-state index contributed by atoms with van der Waals surface area (Å²) >= 11 is 0. The van der Waals surface area contributed by atoms with Gasteiger partial charge in [-0.1, -0.05) is 19.9 Å². The number of carbonyl (C=O) groups is 3. The lowest BCUT2D eigenvalue weighted by atomic mass is 9.90. The first-order valence-electron chi connectivity index (χ1n) is 16.9. The molecule has 3 heterocycles. The Kier molecular flexibility index (Phi) is 11.4. The number of nitrogens with zero attached hydrogens (tertiary/aromatic N) is 3. The molecule has 0 saturated carbocycles. The summed E-state index contributed by atoms with van der Waals surface area (Å²) in [6.07, 6.45) is 2.52. The Balaban J connectivity index is 1.44. The molecular weight excluding hydrogens is 642 g/mol. The highest BCUT2D eigenvalue weighted by Crippen LogP contribution is 2.34. The van der Waals surface area contributed by atoms with E-state index in [-0.39, 0.29) is 48.1 Å². The molecule has 1 aliphatic heterocycles. The van der Waals surface area contributed by atoms with E-state index in [4.69, 9.17) is 4.74 Å². The lowest BCUT2D eigenvalue weighted by Crippen LogP contribution is -2.41. The molecule has 12 heteroatoms. The van der Waals surface area contributed by atoms with Crippen LogP contribution in [0, 0.1) is 44.2 Å². The number of hydrogen-bond acceptors (Lipinski definition) is 7. The van der Waals surface area contributed by atoms with Crippen molar-refractivity contribution in [3.05, 3.63) is 93.8 Å². The van der Waals surface area contributed by atoms with Crippen LogP contribution in [0.4, 0.5) is 14.6 Å². The van der Waals surface area contributed by atoms with E-state index >= 15 is 4.39 Å². The van der Waals surface area contributed by atoms with Crippen molar-refractivity contribution in [3.8, 4) is 16.9 Å². The number of halogens is 2. The van der Waals surface area contributed by atoms with Crippen molar-refractivity contribution in [2.45, 2.75) is 73.4 Å². The fourth-order valence-corrected chi connectivity index (χ4v) is 6.45. The van der Waals surface area contributed by atoms with Crippen molar-refractivity contribution in [3.63, 3.8) is 0 Å². The molecule has 3 N–H and O–H groups in total. The average Bonchev–Trinajstić information content (AvgIpc) is 3.49. The number of esters is 1. The number of hydrogen-bond donors (Lipinski definition) is 3. The fraction of sp³-hybridized carbons (Fsp3) is 0.395. The summed E-state index contributed by atoms with van der Waals surface area (Å²) in [6.45, 7) is 12.2. The van der Waals surface area contributed by atoms with Crippen molar-refractivity contribution < 1.29 is 27.9 Å². The van der Waals surface area contributed by atoms with E-state index in [0.717, 1.165) is 29.8 Å². The van der Waals surface area contributed by atoms with Gasteiger partial charge in [-0.25, -0.2) is 18.4 Å². The molecule has 264 valence electrons. The predicted octanol–water partition coefficient (Wildman–Crippen LogP) is 6.19. The van der Waals surface area contributed by atoms with Crippen molar-refractivity contribution in [2.24, 2.45) is 11.8 Å². The van der Waals surface area contributed by atoms with Crippen LogP contribution >= 0.6 is 0 Å². The van der Waals surface area contributed by atoms with E-state index in [1.165, 1.54) is 12.1 Å². The first-order valence-corrected chi connectivity index (χ1v) is 16.9. The number of nitrogens with one attached hydrogen (secondary N) is 3. The minimum Gasteiger partial charge on any atom is -0.466 e. The van der Waals surface area contributed by atoms with E-state index in [1.54, 1.807) is 62.7 Å². The molecule has 2 atom stereocenters. The van der Waals surface area contributed by atoms with Crippen molar-refractivity contribution in [1.29, 1.82) is 0 Å². The molecule has 50 heavy (non-hydrogen) atoms. The predicted molar refractivity (Wildman–Crippen MR) is 186 cm³/mol. The van der Waals surface area contributed by atoms with Gasteiger partial charge in [-0.3, -0.25) is 14.4 Å². The van der Waals surface area contributed by atoms with Crippen LogP contribution in [0.1, 0.15) is 73.2 Å². The van der Waals surface area contributed by atoms with Crippen LogP contribution in [0.15, 0.2) is 48.7 Å². The molecule has 0 spiro atoms. The molecule has 0 unspecified atom stereocenters. The summed E-state index contributed by atoms with van der Waals surface area (Å²) in [7, 11) is 0. The van der Waals surface area contributed by atoms with Gasteiger partial charge in [0.25, 0.3) is 0 Å². The lowest BCUT2D eigenvalue weighted by Gasteiger charge is -2.25. The molecule has 2 amide bonds. The zero-order valence-electron chi connectivity index (χ0n) is 29.3. The highest BCUT2D eigenvalue weighted by Gasteiger charge is 2.32. The van der Waals surface area contributed by atoms with Gasteiger partial charge in [0.05, 0.1) is 24.8 Å². The number of fused-ring (bicyclic) bond motifs is 1. The molecule has 0 radical (unpaired) electrons. The molecule has 5 rings (SSSR count). The van der Waals surface area contributed by atoms with Gasteiger partial charge in [0.1, 0.15) is 23.4 Å². The standard InChI is InChI=1S/C38H44F2N6O4/c1-7-50-34(47)18-31(28-17-25(14-24(6)36(28)40)35-22(4)15-27(39)16-23(35)5)42-37(48)29(13-21(2)3)38(49)44-32-9-8-10-33(43-32)46-20-26-19-41-12-11-30(26)45-46/h8-10,14-17,20-21,29,31,41H,7,11-13,18-19H2,1-6H3,(H,42,48)(H,43,44,49)/t29-,31-/m0/s1. The third kappa shape index (κ3) is 8.42. The Morgan fingerprint density at radius 1 is 1.02 bits per heavy atom. The third-order valence-corrected chi connectivity index (χ3v) is 8.73. The number of aryl methyl sites for hydroxylation is 3. The first-order chi connectivity index (χ1) is 23.8. The van der Waals surface area contributed by atoms with Crippen molar-refractivity contribution in [2.75, 3.05) is 18.5 Å². The molecule has 0 bridgehead atoms. The second kappa shape index (κ2) is 15.7. The summed E-state index contributed by atoms with van der Waals surface area (Å²) in [5, 5.41) is 13.5. The molecule has 0 aliphatic carbocycles. The van der Waals surface area contributed by atoms with Gasteiger partial charge in [-0.2, -0.15) is 5.10 Å². The molecule has 10 nitrogen and oxygen atoms in total. The Morgan fingerprint density at radius 3 is 2.44 bits per heavy atom. The second-order valence-electron chi connectivity index (χ2n) is 13.2. The Bertz CT molecular complexity index is 1860. The van der Waals surface area contributed by atoms with E-state index < -0.39 is 35.6 Å². The molecule has 0 saturated heterocycles. The maximum Gasteiger partial charge on any atom is 0.308 e. The molecule has 2 aromatic carbocycles. The zero-order valence-corrected chi connectivity index (χ0v) is 29.3. The Hall–Kier alpha value is -4.97. The summed E-state index contributed by atoms with van der Waals surface area (Å²) in [4.78, 5) is 45.1. The number of rotatable bonds is 12. The van der Waals surface area contributed by atoms with Crippen LogP contribution in [0.5, 0.6) is 0 Å². The number of ether oxygens (including phenoxy) is 1. The van der Waals surface area contributed by atoms with Crippen LogP contribution in [0.25, 0.3) is 16.9 Å². The van der Waals surface area contributed by atoms with E-state index in [1.807, 2.05) is 20.0 Å². The van der Waals surface area contributed by atoms with Gasteiger partial charge in [-0.05, 0) is 104 Å². The summed E-state index contributed by atoms with van der Waals surface area (Å²) in [6, 6.07) is 10.0. The van der Waals surface area contributed by atoms with Crippen LogP contribution in [0.3, 0.4) is 0 Å². The van der Waals surface area contributed by atoms with Crippen molar-refractivity contribution in [1.82, 2.24) is 25.4 Å². The van der Waals surface area contributed by atoms with Gasteiger partial charge in [0, 0.05) is 36.8 Å². The monoisotopic (exact) mass is 686 g/mol. The largest absolute Gasteiger partial charge is 0.466 e. The fourth-order valence-electron chi connectivity index (χ4n) is 6.45. The van der Waals surface area contributed by atoms with Crippen LogP contribution in [-0.4, -0.2) is 45.7 Å². The minimum atomic E-state index is -1.19. The molecule has 1 aliphatic rings. The number of aromatic nitrogens is 3. The summed E-state index contributed by atoms with van der Waals surface area (Å²) in [5.41, 5.74) is 5.04. The van der Waals surface area contributed by atoms with E-state index in [0.29, 0.717) is 29.1 Å². The Labute approximate surface area is 291 Å². The number of benzene rings is 2. The molecular formula is C38H44F2N6O4. The summed E-state index contributed by atoms with van der Waals surface area (Å²) < 4.78 is 36.9. The van der Waals surface area contributed by atoms with E-state index in [2.05, 4.69) is 26.0 Å². The number of anilines is 1. The normalized spacial score (nSPS) is 13.8.